The van der Waals surface area contributed by atoms with Gasteiger partial charge < -0.3 is 10.2 Å². The minimum absolute atomic E-state index is 0.115. The SMILES string of the molecule is Cc1ccccc1NC(=O)Cn1c(=O)nc(N(C)c2ccccc2)c2ccccc21. The molecule has 150 valence electrons. The predicted octanol–water partition coefficient (Wildman–Crippen LogP) is 4.11. The number of aromatic nitrogens is 2. The van der Waals surface area contributed by atoms with E-state index in [1.807, 2.05) is 97.7 Å². The summed E-state index contributed by atoms with van der Waals surface area (Å²) in [6, 6.07) is 24.7. The van der Waals surface area contributed by atoms with Gasteiger partial charge in [0.1, 0.15) is 12.4 Å². The normalized spacial score (nSPS) is 10.7. The van der Waals surface area contributed by atoms with Crippen LogP contribution in [0.1, 0.15) is 5.56 Å². The summed E-state index contributed by atoms with van der Waals surface area (Å²) in [5.41, 5.74) is 2.81. The molecular formula is C24H22N4O2. The molecule has 6 nitrogen and oxygen atoms in total. The van der Waals surface area contributed by atoms with Gasteiger partial charge >= 0.3 is 5.69 Å². The number of hydrogen-bond donors (Lipinski definition) is 1. The molecule has 0 saturated carbocycles. The number of aryl methyl sites for hydroxylation is 1. The van der Waals surface area contributed by atoms with Gasteiger partial charge in [0.25, 0.3) is 0 Å². The number of para-hydroxylation sites is 3. The molecule has 1 N–H and O–H groups in total. The van der Waals surface area contributed by atoms with Crippen LogP contribution >= 0.6 is 0 Å². The van der Waals surface area contributed by atoms with Crippen molar-refractivity contribution in [2.75, 3.05) is 17.3 Å². The average Bonchev–Trinajstić information content (AvgIpc) is 2.77. The highest BCUT2D eigenvalue weighted by molar-refractivity contribution is 5.95. The highest BCUT2D eigenvalue weighted by atomic mass is 16.2. The van der Waals surface area contributed by atoms with Gasteiger partial charge in [0.2, 0.25) is 5.91 Å². The lowest BCUT2D eigenvalue weighted by molar-refractivity contribution is -0.116. The average molecular weight is 398 g/mol. The molecule has 0 radical (unpaired) electrons. The Morgan fingerprint density at radius 2 is 1.63 bits per heavy atom. The minimum atomic E-state index is -0.466. The number of anilines is 3. The molecule has 0 bridgehead atoms. The van der Waals surface area contributed by atoms with E-state index in [0.29, 0.717) is 11.3 Å². The van der Waals surface area contributed by atoms with E-state index < -0.39 is 5.69 Å². The molecule has 0 spiro atoms. The molecule has 1 heterocycles. The molecule has 1 aromatic heterocycles. The Labute approximate surface area is 174 Å². The molecule has 1 amide bonds. The number of hydrogen-bond acceptors (Lipinski definition) is 4. The first-order chi connectivity index (χ1) is 14.5. The second-order valence-electron chi connectivity index (χ2n) is 7.08. The molecule has 0 aliphatic heterocycles. The van der Waals surface area contributed by atoms with Crippen LogP contribution in [0.15, 0.2) is 83.7 Å². The molecular weight excluding hydrogens is 376 g/mol. The maximum Gasteiger partial charge on any atom is 0.350 e. The van der Waals surface area contributed by atoms with Gasteiger partial charge in [-0.15, -0.1) is 0 Å². The summed E-state index contributed by atoms with van der Waals surface area (Å²) in [5, 5.41) is 3.68. The largest absolute Gasteiger partial charge is 0.350 e. The third kappa shape index (κ3) is 3.80. The summed E-state index contributed by atoms with van der Waals surface area (Å²) in [4.78, 5) is 31.7. The van der Waals surface area contributed by atoms with Crippen molar-refractivity contribution in [2.45, 2.75) is 13.5 Å². The van der Waals surface area contributed by atoms with Gasteiger partial charge in [-0.25, -0.2) is 4.79 Å². The van der Waals surface area contributed by atoms with Crippen LogP contribution in [0, 0.1) is 6.92 Å². The lowest BCUT2D eigenvalue weighted by Crippen LogP contribution is -2.31. The van der Waals surface area contributed by atoms with Gasteiger partial charge in [0, 0.05) is 23.8 Å². The minimum Gasteiger partial charge on any atom is -0.329 e. The van der Waals surface area contributed by atoms with Gasteiger partial charge in [-0.05, 0) is 42.8 Å². The maximum atomic E-state index is 12.9. The Hall–Kier alpha value is -3.93. The van der Waals surface area contributed by atoms with Crippen LogP contribution in [0.3, 0.4) is 0 Å². The van der Waals surface area contributed by atoms with Crippen molar-refractivity contribution < 1.29 is 4.79 Å². The smallest absolute Gasteiger partial charge is 0.329 e. The van der Waals surface area contributed by atoms with Crippen molar-refractivity contribution in [1.82, 2.24) is 9.55 Å². The molecule has 0 saturated heterocycles. The molecule has 4 aromatic rings. The van der Waals surface area contributed by atoms with E-state index >= 15 is 0 Å². The lowest BCUT2D eigenvalue weighted by Gasteiger charge is -2.21. The zero-order chi connectivity index (χ0) is 21.1. The van der Waals surface area contributed by atoms with Crippen LogP contribution in [0.5, 0.6) is 0 Å². The number of carbonyl (C=O) groups is 1. The van der Waals surface area contributed by atoms with Gasteiger partial charge in [-0.2, -0.15) is 4.98 Å². The van der Waals surface area contributed by atoms with Crippen LogP contribution < -0.4 is 15.9 Å². The molecule has 0 aliphatic rings. The zero-order valence-electron chi connectivity index (χ0n) is 16.9. The lowest BCUT2D eigenvalue weighted by atomic mass is 10.2. The third-order valence-corrected chi connectivity index (χ3v) is 5.05. The molecule has 3 aromatic carbocycles. The highest BCUT2D eigenvalue weighted by Crippen LogP contribution is 2.27. The topological polar surface area (TPSA) is 67.2 Å². The first-order valence-electron chi connectivity index (χ1n) is 9.68. The Morgan fingerprint density at radius 1 is 0.967 bits per heavy atom. The van der Waals surface area contributed by atoms with Crippen LogP contribution in [-0.2, 0) is 11.3 Å². The second-order valence-corrected chi connectivity index (χ2v) is 7.08. The first kappa shape index (κ1) is 19.4. The van der Waals surface area contributed by atoms with Gasteiger partial charge in [-0.1, -0.05) is 48.5 Å². The fraction of sp³-hybridized carbons (Fsp3) is 0.125. The Bertz CT molecular complexity index is 1270. The fourth-order valence-electron chi connectivity index (χ4n) is 3.44. The van der Waals surface area contributed by atoms with Crippen LogP contribution in [0.25, 0.3) is 10.9 Å². The van der Waals surface area contributed by atoms with E-state index in [-0.39, 0.29) is 12.5 Å². The predicted molar refractivity (Wildman–Crippen MR) is 120 cm³/mol. The third-order valence-electron chi connectivity index (χ3n) is 5.05. The zero-order valence-corrected chi connectivity index (χ0v) is 16.9. The molecule has 30 heavy (non-hydrogen) atoms. The van der Waals surface area contributed by atoms with Crippen molar-refractivity contribution in [3.05, 3.63) is 94.9 Å². The van der Waals surface area contributed by atoms with Gasteiger partial charge in [0.15, 0.2) is 0 Å². The van der Waals surface area contributed by atoms with Gasteiger partial charge in [-0.3, -0.25) is 9.36 Å². The number of amides is 1. The van der Waals surface area contributed by atoms with E-state index in [9.17, 15) is 9.59 Å². The number of nitrogens with one attached hydrogen (secondary N) is 1. The Morgan fingerprint density at radius 3 is 2.40 bits per heavy atom. The van der Waals surface area contributed by atoms with E-state index in [2.05, 4.69) is 10.3 Å². The number of benzene rings is 3. The Balaban J connectivity index is 1.72. The van der Waals surface area contributed by atoms with E-state index in [0.717, 1.165) is 22.3 Å². The summed E-state index contributed by atoms with van der Waals surface area (Å²) >= 11 is 0. The van der Waals surface area contributed by atoms with Crippen molar-refractivity contribution in [3.8, 4) is 0 Å². The summed E-state index contributed by atoms with van der Waals surface area (Å²) in [6.07, 6.45) is 0. The van der Waals surface area contributed by atoms with Crippen molar-refractivity contribution >= 4 is 34.0 Å². The summed E-state index contributed by atoms with van der Waals surface area (Å²) in [6.45, 7) is 1.81. The summed E-state index contributed by atoms with van der Waals surface area (Å²) < 4.78 is 1.41. The number of fused-ring (bicyclic) bond motifs is 1. The van der Waals surface area contributed by atoms with Gasteiger partial charge in [0.05, 0.1) is 5.52 Å². The Kier molecular flexibility index (Phi) is 5.30. The number of rotatable bonds is 5. The molecule has 0 aliphatic carbocycles. The van der Waals surface area contributed by atoms with Crippen LogP contribution in [0.2, 0.25) is 0 Å². The molecule has 0 atom stereocenters. The fourth-order valence-corrected chi connectivity index (χ4v) is 3.44. The van der Waals surface area contributed by atoms with E-state index in [1.165, 1.54) is 4.57 Å². The number of carbonyl (C=O) groups excluding carboxylic acids is 1. The summed E-state index contributed by atoms with van der Waals surface area (Å²) in [7, 11) is 1.87. The molecule has 6 heteroatoms. The highest BCUT2D eigenvalue weighted by Gasteiger charge is 2.16. The molecule has 4 rings (SSSR count). The molecule has 0 unspecified atom stereocenters. The van der Waals surface area contributed by atoms with Crippen LogP contribution in [-0.4, -0.2) is 22.5 Å². The monoisotopic (exact) mass is 398 g/mol. The first-order valence-corrected chi connectivity index (χ1v) is 9.68. The van der Waals surface area contributed by atoms with Crippen molar-refractivity contribution in [3.63, 3.8) is 0 Å². The molecule has 0 fully saturated rings. The second kappa shape index (κ2) is 8.21. The standard InChI is InChI=1S/C24H22N4O2/c1-17-10-6-8-14-20(17)25-22(29)16-28-21-15-9-7-13-19(21)23(26-24(28)30)27(2)18-11-4-3-5-12-18/h3-15H,16H2,1-2H3,(H,25,29). The maximum absolute atomic E-state index is 12.9. The van der Waals surface area contributed by atoms with Crippen LogP contribution in [0.4, 0.5) is 17.2 Å². The van der Waals surface area contributed by atoms with Crippen molar-refractivity contribution in [2.24, 2.45) is 0 Å². The quantitative estimate of drug-likeness (QED) is 0.549. The van der Waals surface area contributed by atoms with Crippen molar-refractivity contribution in [1.29, 1.82) is 0 Å². The van der Waals surface area contributed by atoms with E-state index in [4.69, 9.17) is 0 Å². The summed E-state index contributed by atoms with van der Waals surface area (Å²) in [5.74, 6) is 0.278. The van der Waals surface area contributed by atoms with E-state index in [1.54, 1.807) is 0 Å². The number of nitrogens with zero attached hydrogens (tertiary/aromatic N) is 3.